The molecule has 0 bridgehead atoms. The normalized spacial score (nSPS) is 15.9. The second-order valence-electron chi connectivity index (χ2n) is 7.37. The number of fused-ring (bicyclic) bond motifs is 1. The molecule has 3 aromatic heterocycles. The Hall–Kier alpha value is -2.32. The number of thiazole rings is 1. The number of aromatic nitrogens is 2. The molecule has 1 N–H and O–H groups in total. The van der Waals surface area contributed by atoms with Gasteiger partial charge in [0.25, 0.3) is 0 Å². The summed E-state index contributed by atoms with van der Waals surface area (Å²) in [7, 11) is 0. The summed E-state index contributed by atoms with van der Waals surface area (Å²) >= 11 is 3.44. The maximum Gasteiger partial charge on any atom is 0.124 e. The summed E-state index contributed by atoms with van der Waals surface area (Å²) in [4.78, 5) is 13.9. The molecule has 1 saturated heterocycles. The SMILES string of the molecule is Oc1ccc2ccncc2c1CN1CCN(Cc2csc(-c3ccsc3)n2)CC1. The molecule has 0 unspecified atom stereocenters. The third kappa shape index (κ3) is 4.04. The molecule has 7 heteroatoms. The Labute approximate surface area is 177 Å². The highest BCUT2D eigenvalue weighted by molar-refractivity contribution is 7.14. The summed E-state index contributed by atoms with van der Waals surface area (Å²) < 4.78 is 0. The Balaban J connectivity index is 1.21. The van der Waals surface area contributed by atoms with Crippen molar-refractivity contribution >= 4 is 33.4 Å². The predicted molar refractivity (Wildman–Crippen MR) is 119 cm³/mol. The van der Waals surface area contributed by atoms with E-state index in [-0.39, 0.29) is 0 Å². The third-order valence-electron chi connectivity index (χ3n) is 5.46. The van der Waals surface area contributed by atoms with E-state index < -0.39 is 0 Å². The summed E-state index contributed by atoms with van der Waals surface area (Å²) in [6, 6.07) is 7.87. The van der Waals surface area contributed by atoms with Gasteiger partial charge in [0.2, 0.25) is 0 Å². The number of benzene rings is 1. The first kappa shape index (κ1) is 18.7. The predicted octanol–water partition coefficient (Wildman–Crippen LogP) is 4.44. The van der Waals surface area contributed by atoms with Crippen LogP contribution in [-0.4, -0.2) is 51.1 Å². The molecule has 4 aromatic rings. The molecule has 0 atom stereocenters. The zero-order valence-electron chi connectivity index (χ0n) is 16.0. The van der Waals surface area contributed by atoms with Crippen LogP contribution in [0.25, 0.3) is 21.3 Å². The zero-order valence-corrected chi connectivity index (χ0v) is 17.6. The number of phenols is 1. The number of rotatable bonds is 5. The van der Waals surface area contributed by atoms with E-state index in [1.165, 1.54) is 5.56 Å². The Morgan fingerprint density at radius 3 is 2.59 bits per heavy atom. The summed E-state index contributed by atoms with van der Waals surface area (Å²) in [5.41, 5.74) is 3.35. The third-order valence-corrected chi connectivity index (χ3v) is 7.09. The number of hydrogen-bond acceptors (Lipinski definition) is 7. The van der Waals surface area contributed by atoms with E-state index in [0.29, 0.717) is 5.75 Å². The van der Waals surface area contributed by atoms with Gasteiger partial charge in [-0.05, 0) is 29.0 Å². The van der Waals surface area contributed by atoms with Crippen molar-refractivity contribution in [3.8, 4) is 16.3 Å². The summed E-state index contributed by atoms with van der Waals surface area (Å²) in [6.45, 7) is 5.64. The lowest BCUT2D eigenvalue weighted by Crippen LogP contribution is -2.45. The average molecular weight is 423 g/mol. The van der Waals surface area contributed by atoms with Crippen LogP contribution in [0.1, 0.15) is 11.3 Å². The van der Waals surface area contributed by atoms with Gasteiger partial charge in [-0.25, -0.2) is 4.98 Å². The number of thiophene rings is 1. The summed E-state index contributed by atoms with van der Waals surface area (Å²) in [6.07, 6.45) is 3.65. The fraction of sp³-hybridized carbons (Fsp3) is 0.273. The standard InChI is InChI=1S/C22H22N4OS2/c27-21-2-1-16-3-5-23-11-19(16)20(21)13-26-8-6-25(7-9-26)12-18-15-29-22(24-18)17-4-10-28-14-17/h1-5,10-11,14-15,27H,6-9,12-13H2. The van der Waals surface area contributed by atoms with E-state index in [1.54, 1.807) is 34.9 Å². The molecule has 0 radical (unpaired) electrons. The van der Waals surface area contributed by atoms with E-state index in [0.717, 1.165) is 66.3 Å². The Morgan fingerprint density at radius 1 is 0.966 bits per heavy atom. The van der Waals surface area contributed by atoms with Gasteiger partial charge in [-0.1, -0.05) is 6.07 Å². The molecule has 1 aromatic carbocycles. The van der Waals surface area contributed by atoms with Crippen LogP contribution in [0.3, 0.4) is 0 Å². The van der Waals surface area contributed by atoms with Crippen LogP contribution in [0, 0.1) is 0 Å². The van der Waals surface area contributed by atoms with Gasteiger partial charge in [0.05, 0.1) is 5.69 Å². The summed E-state index contributed by atoms with van der Waals surface area (Å²) in [5, 5.41) is 20.1. The second kappa shape index (κ2) is 8.20. The van der Waals surface area contributed by atoms with E-state index in [9.17, 15) is 5.11 Å². The van der Waals surface area contributed by atoms with Crippen LogP contribution >= 0.6 is 22.7 Å². The average Bonchev–Trinajstić information content (AvgIpc) is 3.43. The van der Waals surface area contributed by atoms with Crippen LogP contribution in [0.4, 0.5) is 0 Å². The molecule has 0 saturated carbocycles. The molecule has 0 amide bonds. The number of aromatic hydroxyl groups is 1. The molecule has 4 heterocycles. The first-order valence-electron chi connectivity index (χ1n) is 9.72. The lowest BCUT2D eigenvalue weighted by Gasteiger charge is -2.34. The molecule has 1 aliphatic rings. The smallest absolute Gasteiger partial charge is 0.124 e. The number of hydrogen-bond donors (Lipinski definition) is 1. The molecule has 0 aliphatic carbocycles. The van der Waals surface area contributed by atoms with Crippen molar-refractivity contribution in [2.75, 3.05) is 26.2 Å². The fourth-order valence-corrected chi connectivity index (χ4v) is 5.36. The highest BCUT2D eigenvalue weighted by Crippen LogP contribution is 2.29. The lowest BCUT2D eigenvalue weighted by molar-refractivity contribution is 0.121. The van der Waals surface area contributed by atoms with Crippen LogP contribution in [0.2, 0.25) is 0 Å². The Morgan fingerprint density at radius 2 is 1.79 bits per heavy atom. The van der Waals surface area contributed by atoms with E-state index in [4.69, 9.17) is 4.98 Å². The minimum atomic E-state index is 0.358. The number of pyridine rings is 1. The highest BCUT2D eigenvalue weighted by Gasteiger charge is 2.20. The minimum Gasteiger partial charge on any atom is -0.508 e. The van der Waals surface area contributed by atoms with Gasteiger partial charge in [0.1, 0.15) is 10.8 Å². The molecule has 29 heavy (non-hydrogen) atoms. The topological polar surface area (TPSA) is 52.5 Å². The van der Waals surface area contributed by atoms with Gasteiger partial charge in [0.15, 0.2) is 0 Å². The van der Waals surface area contributed by atoms with Crippen molar-refractivity contribution in [2.24, 2.45) is 0 Å². The van der Waals surface area contributed by atoms with Gasteiger partial charge in [-0.3, -0.25) is 14.8 Å². The zero-order chi connectivity index (χ0) is 19.6. The molecular weight excluding hydrogens is 400 g/mol. The fourth-order valence-electron chi connectivity index (χ4n) is 3.83. The van der Waals surface area contributed by atoms with Crippen molar-refractivity contribution in [1.82, 2.24) is 19.8 Å². The van der Waals surface area contributed by atoms with Crippen molar-refractivity contribution in [3.05, 3.63) is 64.1 Å². The lowest BCUT2D eigenvalue weighted by atomic mass is 10.0. The van der Waals surface area contributed by atoms with Crippen LogP contribution in [0.15, 0.2) is 52.8 Å². The van der Waals surface area contributed by atoms with Crippen molar-refractivity contribution < 1.29 is 5.11 Å². The van der Waals surface area contributed by atoms with Crippen molar-refractivity contribution in [3.63, 3.8) is 0 Å². The van der Waals surface area contributed by atoms with Gasteiger partial charge in [-0.2, -0.15) is 11.3 Å². The molecule has 148 valence electrons. The molecule has 1 aliphatic heterocycles. The number of piperazine rings is 1. The summed E-state index contributed by atoms with van der Waals surface area (Å²) in [5.74, 6) is 0.358. The van der Waals surface area contributed by atoms with E-state index in [1.807, 2.05) is 18.3 Å². The van der Waals surface area contributed by atoms with E-state index in [2.05, 4.69) is 37.0 Å². The van der Waals surface area contributed by atoms with Gasteiger partial charge in [-0.15, -0.1) is 11.3 Å². The second-order valence-corrected chi connectivity index (χ2v) is 9.01. The van der Waals surface area contributed by atoms with Gasteiger partial charge in [0, 0.05) is 78.9 Å². The molecular formula is C22H22N4OS2. The molecule has 5 nitrogen and oxygen atoms in total. The largest absolute Gasteiger partial charge is 0.508 e. The molecule has 1 fully saturated rings. The van der Waals surface area contributed by atoms with Crippen LogP contribution in [-0.2, 0) is 13.1 Å². The van der Waals surface area contributed by atoms with Crippen molar-refractivity contribution in [1.29, 1.82) is 0 Å². The maximum absolute atomic E-state index is 10.4. The van der Waals surface area contributed by atoms with Gasteiger partial charge < -0.3 is 5.11 Å². The van der Waals surface area contributed by atoms with Crippen LogP contribution in [0.5, 0.6) is 5.75 Å². The maximum atomic E-state index is 10.4. The van der Waals surface area contributed by atoms with Crippen molar-refractivity contribution in [2.45, 2.75) is 13.1 Å². The monoisotopic (exact) mass is 422 g/mol. The van der Waals surface area contributed by atoms with Crippen LogP contribution < -0.4 is 0 Å². The number of nitrogens with zero attached hydrogens (tertiary/aromatic N) is 4. The number of phenolic OH excluding ortho intramolecular Hbond substituents is 1. The quantitative estimate of drug-likeness (QED) is 0.515. The molecule has 5 rings (SSSR count). The highest BCUT2D eigenvalue weighted by atomic mass is 32.1. The molecule has 0 spiro atoms. The Kier molecular flexibility index (Phi) is 5.28. The van der Waals surface area contributed by atoms with Gasteiger partial charge >= 0.3 is 0 Å². The Bertz CT molecular complexity index is 1100. The first-order chi connectivity index (χ1) is 14.3. The minimum absolute atomic E-state index is 0.358. The first-order valence-corrected chi connectivity index (χ1v) is 11.5. The van der Waals surface area contributed by atoms with E-state index >= 15 is 0 Å².